The number of benzene rings is 2. The van der Waals surface area contributed by atoms with Crippen LogP contribution in [0.25, 0.3) is 0 Å². The van der Waals surface area contributed by atoms with Crippen LogP contribution in [-0.4, -0.2) is 30.9 Å². The molecule has 2 atom stereocenters. The molecular weight excluding hydrogens is 478 g/mol. The fourth-order valence-electron chi connectivity index (χ4n) is 5.46. The van der Waals surface area contributed by atoms with Gasteiger partial charge in [-0.25, -0.2) is 4.98 Å². The highest BCUT2D eigenvalue weighted by Crippen LogP contribution is 2.47. The Morgan fingerprint density at radius 3 is 2.47 bits per heavy atom. The maximum Gasteiger partial charge on any atom is 0.255 e. The Morgan fingerprint density at radius 2 is 1.76 bits per heavy atom. The highest BCUT2D eigenvalue weighted by Gasteiger charge is 2.42. The van der Waals surface area contributed by atoms with Gasteiger partial charge >= 0.3 is 0 Å². The van der Waals surface area contributed by atoms with Gasteiger partial charge in [0.2, 0.25) is 0 Å². The number of anilines is 1. The van der Waals surface area contributed by atoms with E-state index in [1.807, 2.05) is 74.5 Å². The lowest BCUT2D eigenvalue weighted by Crippen LogP contribution is -2.37. The topological polar surface area (TPSA) is 89.5 Å². The highest BCUT2D eigenvalue weighted by molar-refractivity contribution is 6.09. The summed E-state index contributed by atoms with van der Waals surface area (Å²) in [7, 11) is 3.24. The molecule has 1 aliphatic heterocycles. The summed E-state index contributed by atoms with van der Waals surface area (Å²) in [4.78, 5) is 31.9. The Labute approximate surface area is 222 Å². The van der Waals surface area contributed by atoms with Crippen molar-refractivity contribution < 1.29 is 19.1 Å². The summed E-state index contributed by atoms with van der Waals surface area (Å²) in [5.74, 6) is 1.03. The summed E-state index contributed by atoms with van der Waals surface area (Å²) in [6, 6.07) is 19.1. The molecule has 0 saturated heterocycles. The zero-order valence-electron chi connectivity index (χ0n) is 22.0. The number of aryl methyl sites for hydroxylation is 1. The molecule has 5 rings (SSSR count). The van der Waals surface area contributed by atoms with Gasteiger partial charge in [-0.15, -0.1) is 0 Å². The second kappa shape index (κ2) is 10.5. The lowest BCUT2D eigenvalue weighted by Gasteiger charge is -2.37. The minimum Gasteiger partial charge on any atom is -0.497 e. The standard InChI is InChI=1S/C31H31N3O4/c1-18-13-14-32-27(15-18)34-31(36)28-19(2)33-24-16-21(20-9-11-22(37-3)12-10-20)17-25(35)30(24)29(28)23-7-5-6-8-26(23)38-4/h5-15,21,29,33H,16-17H2,1-4H3,(H,32,34,36). The number of methoxy groups -OCH3 is 2. The minimum absolute atomic E-state index is 0.0157. The van der Waals surface area contributed by atoms with Crippen molar-refractivity contribution in [3.63, 3.8) is 0 Å². The third-order valence-electron chi connectivity index (χ3n) is 7.27. The molecule has 2 aromatic carbocycles. The molecule has 2 heterocycles. The summed E-state index contributed by atoms with van der Waals surface area (Å²) in [6.45, 7) is 3.82. The predicted octanol–water partition coefficient (Wildman–Crippen LogP) is 5.41. The molecule has 0 fully saturated rings. The number of ketones is 1. The van der Waals surface area contributed by atoms with E-state index in [4.69, 9.17) is 9.47 Å². The van der Waals surface area contributed by atoms with E-state index in [2.05, 4.69) is 15.6 Å². The van der Waals surface area contributed by atoms with E-state index in [1.165, 1.54) is 0 Å². The normalized spacial score (nSPS) is 19.0. The number of hydrogen-bond acceptors (Lipinski definition) is 6. The molecule has 0 radical (unpaired) electrons. The summed E-state index contributed by atoms with van der Waals surface area (Å²) in [5.41, 5.74) is 5.49. The van der Waals surface area contributed by atoms with E-state index in [0.29, 0.717) is 41.3 Å². The van der Waals surface area contributed by atoms with Crippen LogP contribution in [0.4, 0.5) is 5.82 Å². The monoisotopic (exact) mass is 509 g/mol. The first-order valence-corrected chi connectivity index (χ1v) is 12.6. The third kappa shape index (κ3) is 4.79. The van der Waals surface area contributed by atoms with Crippen LogP contribution in [0.2, 0.25) is 0 Å². The van der Waals surface area contributed by atoms with Crippen LogP contribution in [0.15, 0.2) is 89.4 Å². The van der Waals surface area contributed by atoms with Gasteiger partial charge in [-0.05, 0) is 67.6 Å². The molecule has 0 bridgehead atoms. The second-order valence-electron chi connectivity index (χ2n) is 9.70. The molecule has 3 aromatic rings. The van der Waals surface area contributed by atoms with Crippen molar-refractivity contribution in [2.75, 3.05) is 19.5 Å². The van der Waals surface area contributed by atoms with E-state index in [-0.39, 0.29) is 17.6 Å². The number of nitrogens with one attached hydrogen (secondary N) is 2. The van der Waals surface area contributed by atoms with Gasteiger partial charge in [-0.3, -0.25) is 9.59 Å². The van der Waals surface area contributed by atoms with Crippen molar-refractivity contribution in [1.82, 2.24) is 10.3 Å². The number of nitrogens with zero attached hydrogens (tertiary/aromatic N) is 1. The number of carbonyl (C=O) groups excluding carboxylic acids is 2. The fraction of sp³-hybridized carbons (Fsp3) is 0.258. The third-order valence-corrected chi connectivity index (χ3v) is 7.27. The zero-order valence-corrected chi connectivity index (χ0v) is 22.0. The fourth-order valence-corrected chi connectivity index (χ4v) is 5.46. The molecule has 2 unspecified atom stereocenters. The number of aromatic nitrogens is 1. The maximum absolute atomic E-state index is 13.9. The highest BCUT2D eigenvalue weighted by atomic mass is 16.5. The number of allylic oxidation sites excluding steroid dienone is 3. The molecule has 1 aliphatic carbocycles. The zero-order chi connectivity index (χ0) is 26.8. The lowest BCUT2D eigenvalue weighted by atomic mass is 9.71. The first-order chi connectivity index (χ1) is 18.4. The van der Waals surface area contributed by atoms with Gasteiger partial charge in [0.25, 0.3) is 5.91 Å². The Kier molecular flexibility index (Phi) is 7.01. The van der Waals surface area contributed by atoms with Gasteiger partial charge in [0, 0.05) is 40.7 Å². The van der Waals surface area contributed by atoms with Crippen LogP contribution in [0.1, 0.15) is 48.3 Å². The van der Waals surface area contributed by atoms with Gasteiger partial charge in [0.15, 0.2) is 5.78 Å². The average Bonchev–Trinajstić information content (AvgIpc) is 2.92. The number of hydrogen-bond donors (Lipinski definition) is 2. The van der Waals surface area contributed by atoms with Crippen LogP contribution in [-0.2, 0) is 9.59 Å². The molecule has 194 valence electrons. The summed E-state index contributed by atoms with van der Waals surface area (Å²) < 4.78 is 11.0. The molecule has 0 saturated carbocycles. The van der Waals surface area contributed by atoms with Gasteiger partial charge in [0.05, 0.1) is 20.1 Å². The van der Waals surface area contributed by atoms with Crippen LogP contribution < -0.4 is 20.1 Å². The van der Waals surface area contributed by atoms with Gasteiger partial charge in [-0.2, -0.15) is 0 Å². The molecule has 7 nitrogen and oxygen atoms in total. The summed E-state index contributed by atoms with van der Waals surface area (Å²) in [5, 5.41) is 6.37. The molecular formula is C31H31N3O4. The Bertz CT molecular complexity index is 1460. The van der Waals surface area contributed by atoms with Crippen molar-refractivity contribution in [2.24, 2.45) is 0 Å². The van der Waals surface area contributed by atoms with Crippen molar-refractivity contribution in [3.05, 3.63) is 106 Å². The number of amides is 1. The quantitative estimate of drug-likeness (QED) is 0.462. The molecule has 1 amide bonds. The van der Waals surface area contributed by atoms with E-state index < -0.39 is 5.92 Å². The van der Waals surface area contributed by atoms with E-state index in [9.17, 15) is 9.59 Å². The first kappa shape index (κ1) is 25.3. The number of para-hydroxylation sites is 1. The number of dihydropyridines is 1. The van der Waals surface area contributed by atoms with Crippen molar-refractivity contribution in [3.8, 4) is 11.5 Å². The SMILES string of the molecule is COc1ccc(C2CC(=O)C3=C(C2)NC(C)=C(C(=O)Nc2cc(C)ccn2)C3c2ccccc2OC)cc1. The number of ether oxygens (including phenoxy) is 2. The largest absolute Gasteiger partial charge is 0.497 e. The number of carbonyl (C=O) groups is 2. The molecule has 2 aliphatic rings. The van der Waals surface area contributed by atoms with Crippen molar-refractivity contribution in [1.29, 1.82) is 0 Å². The van der Waals surface area contributed by atoms with Crippen LogP contribution in [0.5, 0.6) is 11.5 Å². The summed E-state index contributed by atoms with van der Waals surface area (Å²) in [6.07, 6.45) is 2.67. The van der Waals surface area contributed by atoms with Gasteiger partial charge in [-0.1, -0.05) is 30.3 Å². The van der Waals surface area contributed by atoms with Gasteiger partial charge in [0.1, 0.15) is 17.3 Å². The molecule has 2 N–H and O–H groups in total. The molecule has 0 spiro atoms. The van der Waals surface area contributed by atoms with E-state index in [1.54, 1.807) is 20.4 Å². The molecule has 7 heteroatoms. The number of rotatable bonds is 6. The molecule has 1 aromatic heterocycles. The predicted molar refractivity (Wildman–Crippen MR) is 146 cm³/mol. The summed E-state index contributed by atoms with van der Waals surface area (Å²) >= 11 is 0. The number of Topliss-reactive ketones (excluding diaryl/α,β-unsaturated/α-hetero) is 1. The minimum atomic E-state index is -0.573. The van der Waals surface area contributed by atoms with Crippen LogP contribution in [0.3, 0.4) is 0 Å². The average molecular weight is 510 g/mol. The Hall–Kier alpha value is -4.39. The second-order valence-corrected chi connectivity index (χ2v) is 9.70. The first-order valence-electron chi connectivity index (χ1n) is 12.6. The van der Waals surface area contributed by atoms with Gasteiger partial charge < -0.3 is 20.1 Å². The van der Waals surface area contributed by atoms with E-state index in [0.717, 1.165) is 28.1 Å². The smallest absolute Gasteiger partial charge is 0.255 e. The van der Waals surface area contributed by atoms with Crippen LogP contribution >= 0.6 is 0 Å². The van der Waals surface area contributed by atoms with Crippen molar-refractivity contribution >= 4 is 17.5 Å². The maximum atomic E-state index is 13.9. The Balaban J connectivity index is 1.57. The van der Waals surface area contributed by atoms with Crippen molar-refractivity contribution in [2.45, 2.75) is 38.5 Å². The van der Waals surface area contributed by atoms with E-state index >= 15 is 0 Å². The van der Waals surface area contributed by atoms with Crippen LogP contribution in [0, 0.1) is 6.92 Å². The Morgan fingerprint density at radius 1 is 1.00 bits per heavy atom. The lowest BCUT2D eigenvalue weighted by molar-refractivity contribution is -0.116. The number of pyridine rings is 1. The molecule has 38 heavy (non-hydrogen) atoms.